The predicted octanol–water partition coefficient (Wildman–Crippen LogP) is 1.68. The molecule has 0 aromatic heterocycles. The van der Waals surface area contributed by atoms with Crippen molar-refractivity contribution >= 4 is 15.7 Å². The fourth-order valence-corrected chi connectivity index (χ4v) is 6.10. The minimum Gasteiger partial charge on any atom is -0.366 e. The van der Waals surface area contributed by atoms with Crippen LogP contribution in [-0.2, 0) is 30.8 Å². The van der Waals surface area contributed by atoms with Gasteiger partial charge in [-0.3, -0.25) is 10.1 Å². The van der Waals surface area contributed by atoms with Gasteiger partial charge in [0.2, 0.25) is 0 Å². The van der Waals surface area contributed by atoms with Crippen LogP contribution in [-0.4, -0.2) is 54.8 Å². The van der Waals surface area contributed by atoms with Crippen molar-refractivity contribution in [3.8, 4) is 0 Å². The first kappa shape index (κ1) is 18.6. The van der Waals surface area contributed by atoms with Gasteiger partial charge in [0.1, 0.15) is 12.2 Å². The van der Waals surface area contributed by atoms with Crippen LogP contribution in [0.3, 0.4) is 0 Å². The summed E-state index contributed by atoms with van der Waals surface area (Å²) in [6.07, 6.45) is -1.67. The Bertz CT molecular complexity index is 1050. The summed E-state index contributed by atoms with van der Waals surface area (Å²) in [5.41, 5.74) is 0.498. The maximum absolute atomic E-state index is 13.3. The van der Waals surface area contributed by atoms with Gasteiger partial charge in [-0.25, -0.2) is 8.42 Å². The first-order valence-electron chi connectivity index (χ1n) is 9.18. The molecule has 0 saturated carbocycles. The van der Waals surface area contributed by atoms with Gasteiger partial charge in [0.25, 0.3) is 15.7 Å². The molecule has 152 valence electrons. The summed E-state index contributed by atoms with van der Waals surface area (Å²) in [6.45, 7) is 0.544. The molecule has 3 heterocycles. The molecule has 5 rings (SSSR count). The molecular weight excluding hydrogens is 400 g/mol. The SMILES string of the molecule is O=[N+]([O-])c1ccccc1S(=O)(=O)N1[C@H]2[C@@H](OCc3ccccc3)[C@@H]3OC[C@@H](O3)[C@H]21. The highest BCUT2D eigenvalue weighted by Crippen LogP contribution is 2.50. The number of ether oxygens (including phenoxy) is 3. The highest BCUT2D eigenvalue weighted by Gasteiger charge is 2.70. The molecule has 0 spiro atoms. The number of fused-ring (bicyclic) bond motifs is 4. The average Bonchev–Trinajstić information content (AvgIpc) is 3.35. The standard InChI is InChI=1S/C19H18N2O7S/c22-21(23)13-8-4-5-9-15(13)29(24,25)20-16-14-11-27-19(28-14)18(17(16)20)26-10-12-6-2-1-3-7-12/h1-9,14,16-19H,10-11H2/t14-,16-,17-,18-,19-,20?/m1/s1. The minimum atomic E-state index is -4.09. The number of hydrogen-bond acceptors (Lipinski definition) is 7. The second-order valence-electron chi connectivity index (χ2n) is 7.18. The number of nitro groups is 1. The van der Waals surface area contributed by atoms with Crippen LogP contribution >= 0.6 is 0 Å². The number of para-hydroxylation sites is 1. The quantitative estimate of drug-likeness (QED) is 0.399. The normalized spacial score (nSPS) is 32.6. The van der Waals surface area contributed by atoms with Gasteiger partial charge in [-0.15, -0.1) is 0 Å². The van der Waals surface area contributed by atoms with Crippen LogP contribution in [0.25, 0.3) is 0 Å². The van der Waals surface area contributed by atoms with Gasteiger partial charge in [0.05, 0.1) is 30.2 Å². The van der Waals surface area contributed by atoms with Crippen molar-refractivity contribution in [3.05, 3.63) is 70.3 Å². The van der Waals surface area contributed by atoms with Crippen molar-refractivity contribution in [3.63, 3.8) is 0 Å². The Morgan fingerprint density at radius 3 is 2.59 bits per heavy atom. The zero-order valence-electron chi connectivity index (χ0n) is 15.2. The zero-order chi connectivity index (χ0) is 20.2. The van der Waals surface area contributed by atoms with Crippen LogP contribution in [0.15, 0.2) is 59.5 Å². The van der Waals surface area contributed by atoms with Gasteiger partial charge in [-0.05, 0) is 11.6 Å². The molecule has 6 atom stereocenters. The molecular formula is C19H18N2O7S. The number of nitrogens with zero attached hydrogens (tertiary/aromatic N) is 2. The third kappa shape index (κ3) is 3.04. The second kappa shape index (κ2) is 6.85. The van der Waals surface area contributed by atoms with Crippen molar-refractivity contribution in [2.75, 3.05) is 6.61 Å². The summed E-state index contributed by atoms with van der Waals surface area (Å²) in [7, 11) is -4.09. The van der Waals surface area contributed by atoms with E-state index in [4.69, 9.17) is 14.2 Å². The van der Waals surface area contributed by atoms with Crippen LogP contribution in [0.4, 0.5) is 5.69 Å². The maximum Gasteiger partial charge on any atom is 0.289 e. The number of sulfonamides is 1. The van der Waals surface area contributed by atoms with Crippen molar-refractivity contribution in [1.29, 1.82) is 0 Å². The molecule has 0 N–H and O–H groups in total. The molecule has 1 unspecified atom stereocenters. The fourth-order valence-electron chi connectivity index (χ4n) is 4.13. The molecule has 0 radical (unpaired) electrons. The van der Waals surface area contributed by atoms with Crippen LogP contribution in [0.5, 0.6) is 0 Å². The molecule has 29 heavy (non-hydrogen) atoms. The van der Waals surface area contributed by atoms with E-state index < -0.39 is 51.2 Å². The molecule has 3 aliphatic heterocycles. The number of hydrogen-bond donors (Lipinski definition) is 0. The average molecular weight is 418 g/mol. The van der Waals surface area contributed by atoms with E-state index in [0.717, 1.165) is 5.56 Å². The Kier molecular flexibility index (Phi) is 4.41. The fraction of sp³-hybridized carbons (Fsp3) is 0.368. The van der Waals surface area contributed by atoms with Gasteiger partial charge in [0, 0.05) is 6.07 Å². The lowest BCUT2D eigenvalue weighted by atomic mass is 10.1. The molecule has 9 nitrogen and oxygen atoms in total. The van der Waals surface area contributed by atoms with E-state index in [9.17, 15) is 18.5 Å². The molecule has 10 heteroatoms. The maximum atomic E-state index is 13.3. The molecule has 3 saturated heterocycles. The molecule has 2 bridgehead atoms. The Labute approximate surface area is 167 Å². The van der Waals surface area contributed by atoms with Crippen molar-refractivity contribution < 1.29 is 27.6 Å². The van der Waals surface area contributed by atoms with Crippen molar-refractivity contribution in [2.45, 2.75) is 42.1 Å². The van der Waals surface area contributed by atoms with Gasteiger partial charge in [-0.2, -0.15) is 4.31 Å². The Balaban J connectivity index is 1.43. The Morgan fingerprint density at radius 1 is 1.10 bits per heavy atom. The predicted molar refractivity (Wildman–Crippen MR) is 99.3 cm³/mol. The molecule has 2 aromatic rings. The number of benzene rings is 2. The van der Waals surface area contributed by atoms with Crippen LogP contribution in [0.2, 0.25) is 0 Å². The first-order valence-corrected chi connectivity index (χ1v) is 10.6. The monoisotopic (exact) mass is 418 g/mol. The topological polar surface area (TPSA) is 108 Å². The lowest BCUT2D eigenvalue weighted by molar-refractivity contribution is -0.387. The molecule has 0 amide bonds. The summed E-state index contributed by atoms with van der Waals surface area (Å²) < 4.78 is 45.2. The summed E-state index contributed by atoms with van der Waals surface area (Å²) in [4.78, 5) is 10.3. The van der Waals surface area contributed by atoms with Crippen LogP contribution in [0, 0.1) is 10.1 Å². The van der Waals surface area contributed by atoms with E-state index in [0.29, 0.717) is 0 Å². The van der Waals surface area contributed by atoms with Gasteiger partial charge >= 0.3 is 0 Å². The first-order chi connectivity index (χ1) is 14.0. The minimum absolute atomic E-state index is 0.264. The van der Waals surface area contributed by atoms with Gasteiger partial charge < -0.3 is 14.2 Å². The summed E-state index contributed by atoms with van der Waals surface area (Å²) in [5, 5.41) is 11.3. The van der Waals surface area contributed by atoms with Crippen molar-refractivity contribution in [2.24, 2.45) is 0 Å². The van der Waals surface area contributed by atoms with E-state index in [1.807, 2.05) is 30.3 Å². The van der Waals surface area contributed by atoms with Crippen molar-refractivity contribution in [1.82, 2.24) is 4.31 Å². The molecule has 0 aliphatic carbocycles. The number of rotatable bonds is 6. The lowest BCUT2D eigenvalue weighted by Gasteiger charge is -2.25. The lowest BCUT2D eigenvalue weighted by Crippen LogP contribution is -2.41. The molecule has 3 aliphatic rings. The summed E-state index contributed by atoms with van der Waals surface area (Å²) >= 11 is 0. The number of nitro benzene ring substituents is 1. The molecule has 3 fully saturated rings. The largest absolute Gasteiger partial charge is 0.366 e. The third-order valence-corrected chi connectivity index (χ3v) is 7.41. The highest BCUT2D eigenvalue weighted by atomic mass is 32.2. The highest BCUT2D eigenvalue weighted by molar-refractivity contribution is 7.89. The van der Waals surface area contributed by atoms with E-state index >= 15 is 0 Å². The van der Waals surface area contributed by atoms with E-state index in [2.05, 4.69) is 0 Å². The third-order valence-electron chi connectivity index (χ3n) is 5.47. The smallest absolute Gasteiger partial charge is 0.289 e. The summed E-state index contributed by atoms with van der Waals surface area (Å²) in [6, 6.07) is 13.9. The van der Waals surface area contributed by atoms with Crippen LogP contribution < -0.4 is 0 Å². The molecule has 2 aromatic carbocycles. The van der Waals surface area contributed by atoms with Crippen LogP contribution in [0.1, 0.15) is 5.56 Å². The summed E-state index contributed by atoms with van der Waals surface area (Å²) in [5.74, 6) is 0. The van der Waals surface area contributed by atoms with E-state index in [-0.39, 0.29) is 18.1 Å². The second-order valence-corrected chi connectivity index (χ2v) is 8.99. The van der Waals surface area contributed by atoms with Gasteiger partial charge in [-0.1, -0.05) is 42.5 Å². The van der Waals surface area contributed by atoms with Gasteiger partial charge in [0.15, 0.2) is 11.2 Å². The Hall–Kier alpha value is -2.37. The Morgan fingerprint density at radius 2 is 1.83 bits per heavy atom. The van der Waals surface area contributed by atoms with E-state index in [1.54, 1.807) is 0 Å². The van der Waals surface area contributed by atoms with E-state index in [1.165, 1.54) is 28.6 Å². The zero-order valence-corrected chi connectivity index (χ0v) is 16.0.